The molecule has 3 nitrogen and oxygen atoms in total. The molecule has 1 aliphatic heterocycles. The lowest BCUT2D eigenvalue weighted by molar-refractivity contribution is -0.142. The third kappa shape index (κ3) is 1.87. The first kappa shape index (κ1) is 9.31. The van der Waals surface area contributed by atoms with Gasteiger partial charge in [-0.25, -0.2) is 0 Å². The minimum atomic E-state index is -0.412. The van der Waals surface area contributed by atoms with Gasteiger partial charge >= 0.3 is 5.97 Å². The molecule has 62 valence electrons. The highest BCUT2D eigenvalue weighted by Crippen LogP contribution is 2.41. The molecule has 1 heterocycles. The van der Waals surface area contributed by atoms with Gasteiger partial charge in [0, 0.05) is 0 Å². The third-order valence-electron chi connectivity index (χ3n) is 1.28. The molecular formula is C5H7NO2S3. The molecule has 1 saturated heterocycles. The lowest BCUT2D eigenvalue weighted by atomic mass is 10.2. The zero-order valence-electron chi connectivity index (χ0n) is 5.77. The van der Waals surface area contributed by atoms with E-state index in [-0.39, 0.29) is 11.3 Å². The van der Waals surface area contributed by atoms with Gasteiger partial charge in [0.1, 0.15) is 5.92 Å². The van der Waals surface area contributed by atoms with Crippen LogP contribution in [-0.2, 0) is 9.53 Å². The molecule has 0 aromatic rings. The maximum Gasteiger partial charge on any atom is 0.317 e. The van der Waals surface area contributed by atoms with Crippen molar-refractivity contribution < 1.29 is 9.53 Å². The van der Waals surface area contributed by atoms with Crippen molar-refractivity contribution in [2.75, 3.05) is 7.11 Å². The summed E-state index contributed by atoms with van der Waals surface area (Å²) in [5.74, 6) is -0.745. The first-order chi connectivity index (χ1) is 5.16. The molecule has 0 radical (unpaired) electrons. The van der Waals surface area contributed by atoms with Crippen molar-refractivity contribution in [2.24, 2.45) is 11.7 Å². The van der Waals surface area contributed by atoms with Crippen LogP contribution in [0.5, 0.6) is 0 Å². The Morgan fingerprint density at radius 2 is 2.45 bits per heavy atom. The summed E-state index contributed by atoms with van der Waals surface area (Å²) in [6, 6.07) is 0. The first-order valence-electron chi connectivity index (χ1n) is 2.87. The van der Waals surface area contributed by atoms with Crippen LogP contribution in [0.1, 0.15) is 0 Å². The Morgan fingerprint density at radius 1 is 1.82 bits per heavy atom. The van der Waals surface area contributed by atoms with Crippen LogP contribution in [0.4, 0.5) is 0 Å². The summed E-state index contributed by atoms with van der Waals surface area (Å²) in [7, 11) is 4.13. The number of carbonyl (C=O) groups is 1. The average Bonchev–Trinajstić information content (AvgIpc) is 2.30. The van der Waals surface area contributed by atoms with Crippen LogP contribution in [0.25, 0.3) is 0 Å². The number of rotatable bonds is 1. The predicted octanol–water partition coefficient (Wildman–Crippen LogP) is 0.783. The van der Waals surface area contributed by atoms with Crippen molar-refractivity contribution in [3.8, 4) is 0 Å². The van der Waals surface area contributed by atoms with Gasteiger partial charge in [-0.15, -0.1) is 0 Å². The van der Waals surface area contributed by atoms with Gasteiger partial charge in [0.2, 0.25) is 0 Å². The quantitative estimate of drug-likeness (QED) is 0.391. The van der Waals surface area contributed by atoms with E-state index in [2.05, 4.69) is 4.74 Å². The lowest BCUT2D eigenvalue weighted by Gasteiger charge is -2.09. The summed E-state index contributed by atoms with van der Waals surface area (Å²) in [6.07, 6.45) is 0. The molecule has 11 heavy (non-hydrogen) atoms. The Balaban J connectivity index is 2.68. The van der Waals surface area contributed by atoms with E-state index in [0.717, 1.165) is 0 Å². The number of hydrogen-bond acceptors (Lipinski definition) is 6. The Bertz CT molecular complexity index is 196. The molecule has 1 aliphatic rings. The SMILES string of the molecule is COC(=O)C1C(=S)SSC1N. The molecule has 0 amide bonds. The summed E-state index contributed by atoms with van der Waals surface area (Å²) >= 11 is 4.92. The monoisotopic (exact) mass is 209 g/mol. The fourth-order valence-electron chi connectivity index (χ4n) is 0.702. The van der Waals surface area contributed by atoms with E-state index in [1.54, 1.807) is 0 Å². The summed E-state index contributed by atoms with van der Waals surface area (Å²) in [6.45, 7) is 0. The van der Waals surface area contributed by atoms with Crippen molar-refractivity contribution in [3.63, 3.8) is 0 Å². The van der Waals surface area contributed by atoms with Crippen LogP contribution in [-0.4, -0.2) is 22.6 Å². The molecule has 1 rings (SSSR count). The minimum absolute atomic E-state index is 0.250. The van der Waals surface area contributed by atoms with Crippen molar-refractivity contribution in [2.45, 2.75) is 5.37 Å². The van der Waals surface area contributed by atoms with Crippen LogP contribution in [0.15, 0.2) is 0 Å². The maximum absolute atomic E-state index is 11.0. The van der Waals surface area contributed by atoms with E-state index in [4.69, 9.17) is 18.0 Å². The van der Waals surface area contributed by atoms with Crippen molar-refractivity contribution >= 4 is 44.0 Å². The van der Waals surface area contributed by atoms with Gasteiger partial charge in [-0.05, 0) is 10.8 Å². The Hall–Kier alpha value is 0.220. The number of thiocarbonyl (C=S) groups is 1. The van der Waals surface area contributed by atoms with Gasteiger partial charge in [-0.3, -0.25) is 4.79 Å². The molecule has 2 atom stereocenters. The summed E-state index contributed by atoms with van der Waals surface area (Å²) in [5, 5.41) is -0.250. The molecular weight excluding hydrogens is 202 g/mol. The largest absolute Gasteiger partial charge is 0.468 e. The van der Waals surface area contributed by atoms with E-state index in [9.17, 15) is 4.79 Å². The van der Waals surface area contributed by atoms with Crippen LogP contribution >= 0.6 is 33.8 Å². The smallest absolute Gasteiger partial charge is 0.317 e. The molecule has 6 heteroatoms. The Morgan fingerprint density at radius 3 is 2.82 bits per heavy atom. The highest BCUT2D eigenvalue weighted by Gasteiger charge is 2.37. The van der Waals surface area contributed by atoms with Crippen LogP contribution in [0.3, 0.4) is 0 Å². The maximum atomic E-state index is 11.0. The van der Waals surface area contributed by atoms with Gasteiger partial charge in [-0.1, -0.05) is 23.0 Å². The average molecular weight is 209 g/mol. The second kappa shape index (κ2) is 3.75. The molecule has 0 spiro atoms. The fourth-order valence-corrected chi connectivity index (χ4v) is 3.64. The number of carbonyl (C=O) groups excluding carboxylic acids is 1. The highest BCUT2D eigenvalue weighted by atomic mass is 33.1. The fraction of sp³-hybridized carbons (Fsp3) is 0.600. The molecule has 0 aromatic heterocycles. The van der Waals surface area contributed by atoms with Crippen LogP contribution in [0.2, 0.25) is 0 Å². The zero-order valence-corrected chi connectivity index (χ0v) is 8.22. The van der Waals surface area contributed by atoms with Gasteiger partial charge in [-0.2, -0.15) is 0 Å². The van der Waals surface area contributed by atoms with Gasteiger partial charge in [0.25, 0.3) is 0 Å². The van der Waals surface area contributed by atoms with Gasteiger partial charge in [0.15, 0.2) is 0 Å². The van der Waals surface area contributed by atoms with Gasteiger partial charge in [0.05, 0.1) is 16.7 Å². The Labute approximate surface area is 77.8 Å². The van der Waals surface area contributed by atoms with Crippen LogP contribution in [0, 0.1) is 5.92 Å². The highest BCUT2D eigenvalue weighted by molar-refractivity contribution is 8.84. The second-order valence-corrected chi connectivity index (χ2v) is 5.08. The topological polar surface area (TPSA) is 52.3 Å². The molecule has 0 saturated carbocycles. The van der Waals surface area contributed by atoms with E-state index in [1.807, 2.05) is 0 Å². The number of methoxy groups -OCH3 is 1. The van der Waals surface area contributed by atoms with E-state index in [1.165, 1.54) is 28.7 Å². The summed E-state index contributed by atoms with van der Waals surface area (Å²) in [4.78, 5) is 11.0. The van der Waals surface area contributed by atoms with Crippen molar-refractivity contribution in [1.82, 2.24) is 0 Å². The first-order valence-corrected chi connectivity index (χ1v) is 5.49. The number of nitrogens with two attached hydrogens (primary N) is 1. The van der Waals surface area contributed by atoms with E-state index < -0.39 is 5.92 Å². The summed E-state index contributed by atoms with van der Waals surface area (Å²) < 4.78 is 5.16. The standard InChI is InChI=1S/C5H7NO2S3/c1-8-4(7)2-3(6)10-11-5(2)9/h2-3H,6H2,1H3. The predicted molar refractivity (Wildman–Crippen MR) is 51.3 cm³/mol. The zero-order chi connectivity index (χ0) is 8.43. The molecule has 0 aliphatic carbocycles. The number of ether oxygens (including phenoxy) is 1. The van der Waals surface area contributed by atoms with Crippen molar-refractivity contribution in [1.29, 1.82) is 0 Å². The lowest BCUT2D eigenvalue weighted by Crippen LogP contribution is -2.33. The Kier molecular flexibility index (Phi) is 3.17. The van der Waals surface area contributed by atoms with Crippen molar-refractivity contribution in [3.05, 3.63) is 0 Å². The second-order valence-electron chi connectivity index (χ2n) is 1.96. The van der Waals surface area contributed by atoms with E-state index >= 15 is 0 Å². The molecule has 2 N–H and O–H groups in total. The summed E-state index contributed by atoms with van der Waals surface area (Å²) in [5.41, 5.74) is 5.60. The normalized spacial score (nSPS) is 30.5. The minimum Gasteiger partial charge on any atom is -0.468 e. The van der Waals surface area contributed by atoms with Crippen LogP contribution < -0.4 is 5.73 Å². The molecule has 1 fully saturated rings. The number of hydrogen-bond donors (Lipinski definition) is 1. The molecule has 0 bridgehead atoms. The third-order valence-corrected chi connectivity index (χ3v) is 4.60. The number of esters is 1. The molecule has 0 aromatic carbocycles. The van der Waals surface area contributed by atoms with Gasteiger partial charge < -0.3 is 10.5 Å². The molecule has 2 unspecified atom stereocenters. The van der Waals surface area contributed by atoms with E-state index in [0.29, 0.717) is 4.20 Å².